The third-order valence-corrected chi connectivity index (χ3v) is 4.81. The summed E-state index contributed by atoms with van der Waals surface area (Å²) >= 11 is 5.57. The quantitative estimate of drug-likeness (QED) is 0.451. The first-order valence-electron chi connectivity index (χ1n) is 3.93. The van der Waals surface area contributed by atoms with Crippen LogP contribution in [0.15, 0.2) is 0 Å². The monoisotopic (exact) mass is 180 g/mol. The molecule has 1 nitrogen and oxygen atoms in total. The molecule has 62 valence electrons. The van der Waals surface area contributed by atoms with Crippen LogP contribution in [-0.4, -0.2) is 22.0 Å². The minimum Gasteiger partial charge on any atom is -0.423 e. The number of alkyl halides is 1. The molecule has 0 aromatic carbocycles. The highest BCUT2D eigenvalue weighted by atomic mass is 35.5. The van der Waals surface area contributed by atoms with Gasteiger partial charge in [-0.15, -0.1) is 11.6 Å². The maximum absolute atomic E-state index is 5.57. The third kappa shape index (κ3) is 5.27. The van der Waals surface area contributed by atoms with Crippen LogP contribution in [0.5, 0.6) is 0 Å². The van der Waals surface area contributed by atoms with E-state index in [1.54, 1.807) is 0 Å². The molecule has 0 amide bonds. The van der Waals surface area contributed by atoms with Crippen molar-refractivity contribution in [1.29, 1.82) is 0 Å². The zero-order valence-corrected chi connectivity index (χ0v) is 8.81. The van der Waals surface area contributed by atoms with Gasteiger partial charge < -0.3 is 4.43 Å². The average molecular weight is 181 g/mol. The second kappa shape index (κ2) is 7.57. The molecule has 0 aliphatic carbocycles. The molecule has 1 unspecified atom stereocenters. The van der Waals surface area contributed by atoms with Crippen LogP contribution in [0, 0.1) is 0 Å². The van der Waals surface area contributed by atoms with E-state index < -0.39 is 9.04 Å². The van der Waals surface area contributed by atoms with E-state index in [0.717, 1.165) is 12.3 Å². The normalized spacial score (nSPS) is 13.5. The third-order valence-electron chi connectivity index (χ3n) is 1.60. The summed E-state index contributed by atoms with van der Waals surface area (Å²) < 4.78 is 5.37. The van der Waals surface area contributed by atoms with E-state index >= 15 is 0 Å². The number of halogens is 1. The minimum atomic E-state index is -0.815. The van der Waals surface area contributed by atoms with E-state index in [-0.39, 0.29) is 0 Å². The van der Waals surface area contributed by atoms with Gasteiger partial charge in [0.15, 0.2) is 9.04 Å². The van der Waals surface area contributed by atoms with Crippen molar-refractivity contribution in [1.82, 2.24) is 0 Å². The largest absolute Gasteiger partial charge is 0.423 e. The van der Waals surface area contributed by atoms with Gasteiger partial charge in [-0.3, -0.25) is 0 Å². The highest BCUT2D eigenvalue weighted by molar-refractivity contribution is 6.51. The first-order chi connectivity index (χ1) is 4.85. The zero-order chi connectivity index (χ0) is 7.82. The van der Waals surface area contributed by atoms with Crippen molar-refractivity contribution in [3.8, 4) is 0 Å². The Hall–Kier alpha value is 0.467. The molecule has 0 N–H and O–H groups in total. The molecule has 3 heteroatoms. The molecule has 0 radical (unpaired) electrons. The summed E-state index contributed by atoms with van der Waals surface area (Å²) in [6, 6.07) is 2.54. The Kier molecular flexibility index (Phi) is 7.93. The summed E-state index contributed by atoms with van der Waals surface area (Å²) in [6.07, 6.45) is 2.39. The Balaban J connectivity index is 3.21. The van der Waals surface area contributed by atoms with Crippen molar-refractivity contribution in [2.45, 2.75) is 31.9 Å². The first kappa shape index (κ1) is 10.5. The van der Waals surface area contributed by atoms with Gasteiger partial charge in [0.1, 0.15) is 0 Å². The first-order valence-corrected chi connectivity index (χ1v) is 6.57. The second-order valence-electron chi connectivity index (χ2n) is 2.48. The SMILES string of the molecule is CCC[SiH](CCCCl)OC. The van der Waals surface area contributed by atoms with Gasteiger partial charge in [0.2, 0.25) is 0 Å². The Morgan fingerprint density at radius 2 is 2.10 bits per heavy atom. The van der Waals surface area contributed by atoms with Gasteiger partial charge in [-0.25, -0.2) is 0 Å². The van der Waals surface area contributed by atoms with Crippen LogP contribution >= 0.6 is 11.6 Å². The fourth-order valence-corrected chi connectivity index (χ4v) is 3.48. The lowest BCUT2D eigenvalue weighted by Gasteiger charge is -2.10. The van der Waals surface area contributed by atoms with Crippen molar-refractivity contribution >= 4 is 20.6 Å². The molecule has 0 fully saturated rings. The molecular weight excluding hydrogens is 164 g/mol. The van der Waals surface area contributed by atoms with Gasteiger partial charge in [0.05, 0.1) is 0 Å². The standard InChI is InChI=1S/C7H17ClOSi/c1-3-6-10(9-2)7-4-5-8/h10H,3-7H2,1-2H3. The summed E-state index contributed by atoms with van der Waals surface area (Å²) in [7, 11) is 1.02. The topological polar surface area (TPSA) is 9.23 Å². The highest BCUT2D eigenvalue weighted by Gasteiger charge is 2.06. The fourth-order valence-electron chi connectivity index (χ4n) is 1.01. The van der Waals surface area contributed by atoms with E-state index in [0.29, 0.717) is 0 Å². The van der Waals surface area contributed by atoms with Gasteiger partial charge in [0, 0.05) is 13.0 Å². The van der Waals surface area contributed by atoms with Crippen LogP contribution in [0.3, 0.4) is 0 Å². The molecule has 0 aliphatic rings. The van der Waals surface area contributed by atoms with Crippen LogP contribution < -0.4 is 0 Å². The van der Waals surface area contributed by atoms with Crippen molar-refractivity contribution in [2.75, 3.05) is 13.0 Å². The van der Waals surface area contributed by atoms with E-state index in [9.17, 15) is 0 Å². The molecular formula is C7H17ClOSi. The van der Waals surface area contributed by atoms with E-state index in [4.69, 9.17) is 16.0 Å². The van der Waals surface area contributed by atoms with E-state index in [2.05, 4.69) is 6.92 Å². The van der Waals surface area contributed by atoms with Crippen molar-refractivity contribution in [3.05, 3.63) is 0 Å². The Morgan fingerprint density at radius 1 is 1.40 bits per heavy atom. The van der Waals surface area contributed by atoms with Crippen LogP contribution in [-0.2, 0) is 4.43 Å². The maximum Gasteiger partial charge on any atom is 0.176 e. The molecule has 0 saturated carbocycles. The summed E-state index contributed by atoms with van der Waals surface area (Å²) in [5.41, 5.74) is 0. The zero-order valence-electron chi connectivity index (χ0n) is 6.90. The molecule has 0 bridgehead atoms. The maximum atomic E-state index is 5.57. The Labute approximate surface area is 70.4 Å². The predicted octanol–water partition coefficient (Wildman–Crippen LogP) is 2.40. The molecule has 0 saturated heterocycles. The molecule has 0 aliphatic heterocycles. The second-order valence-corrected chi connectivity index (χ2v) is 5.73. The number of rotatable bonds is 6. The van der Waals surface area contributed by atoms with Crippen molar-refractivity contribution in [3.63, 3.8) is 0 Å². The van der Waals surface area contributed by atoms with Crippen molar-refractivity contribution in [2.24, 2.45) is 0 Å². The van der Waals surface area contributed by atoms with Gasteiger partial charge >= 0.3 is 0 Å². The van der Waals surface area contributed by atoms with E-state index in [1.807, 2.05) is 7.11 Å². The molecule has 0 aromatic heterocycles. The summed E-state index contributed by atoms with van der Waals surface area (Å²) in [6.45, 7) is 2.21. The van der Waals surface area contributed by atoms with Crippen molar-refractivity contribution < 1.29 is 4.43 Å². The molecule has 0 heterocycles. The van der Waals surface area contributed by atoms with Crippen LogP contribution in [0.1, 0.15) is 19.8 Å². The van der Waals surface area contributed by atoms with Gasteiger partial charge in [-0.05, 0) is 18.5 Å². The highest BCUT2D eigenvalue weighted by Crippen LogP contribution is 2.06. The van der Waals surface area contributed by atoms with Crippen LogP contribution in [0.25, 0.3) is 0 Å². The lowest BCUT2D eigenvalue weighted by atomic mass is 10.6. The fraction of sp³-hybridized carbons (Fsp3) is 1.00. The van der Waals surface area contributed by atoms with Gasteiger partial charge in [-0.2, -0.15) is 0 Å². The summed E-state index contributed by atoms with van der Waals surface area (Å²) in [5.74, 6) is 0.788. The Bertz CT molecular complexity index is 70.6. The van der Waals surface area contributed by atoms with E-state index in [1.165, 1.54) is 18.5 Å². The predicted molar refractivity (Wildman–Crippen MR) is 49.4 cm³/mol. The lowest BCUT2D eigenvalue weighted by Crippen LogP contribution is -2.14. The van der Waals surface area contributed by atoms with Gasteiger partial charge in [-0.1, -0.05) is 13.3 Å². The Morgan fingerprint density at radius 3 is 2.50 bits per heavy atom. The molecule has 0 rings (SSSR count). The summed E-state index contributed by atoms with van der Waals surface area (Å²) in [5, 5.41) is 0. The lowest BCUT2D eigenvalue weighted by molar-refractivity contribution is 0.416. The molecule has 10 heavy (non-hydrogen) atoms. The summed E-state index contributed by atoms with van der Waals surface area (Å²) in [4.78, 5) is 0. The molecule has 1 atom stereocenters. The average Bonchev–Trinajstić information content (AvgIpc) is 1.98. The van der Waals surface area contributed by atoms with Gasteiger partial charge in [0.25, 0.3) is 0 Å². The number of hydrogen-bond acceptors (Lipinski definition) is 1. The van der Waals surface area contributed by atoms with Crippen LogP contribution in [0.4, 0.5) is 0 Å². The van der Waals surface area contributed by atoms with Crippen LogP contribution in [0.2, 0.25) is 12.1 Å². The smallest absolute Gasteiger partial charge is 0.176 e. The number of hydrogen-bond donors (Lipinski definition) is 0. The molecule has 0 aromatic rings. The molecule has 0 spiro atoms. The minimum absolute atomic E-state index is 0.788.